The van der Waals surface area contributed by atoms with E-state index in [9.17, 15) is 13.2 Å². The summed E-state index contributed by atoms with van der Waals surface area (Å²) in [6, 6.07) is 8.07. The number of nitrogens with zero attached hydrogens (tertiary/aromatic N) is 3. The number of halogens is 3. The lowest BCUT2D eigenvalue weighted by molar-refractivity contribution is -0.141. The second kappa shape index (κ2) is 6.61. The maximum atomic E-state index is 13.6. The van der Waals surface area contributed by atoms with E-state index in [-0.39, 0.29) is 28.5 Å². The van der Waals surface area contributed by atoms with Crippen molar-refractivity contribution in [2.45, 2.75) is 52.3 Å². The van der Waals surface area contributed by atoms with Crippen molar-refractivity contribution in [3.63, 3.8) is 0 Å². The van der Waals surface area contributed by atoms with Gasteiger partial charge < -0.3 is 9.64 Å². The molecule has 2 atom stereocenters. The molecule has 0 spiro atoms. The quantitative estimate of drug-likeness (QED) is 0.669. The highest BCUT2D eigenvalue weighted by molar-refractivity contribution is 5.62. The van der Waals surface area contributed by atoms with Crippen LogP contribution >= 0.6 is 0 Å². The molecule has 156 valence electrons. The Balaban J connectivity index is 1.77. The van der Waals surface area contributed by atoms with E-state index in [0.717, 1.165) is 25.3 Å². The van der Waals surface area contributed by atoms with Crippen molar-refractivity contribution in [2.24, 2.45) is 10.8 Å². The lowest BCUT2D eigenvalue weighted by Crippen LogP contribution is -2.35. The Morgan fingerprint density at radius 1 is 1.07 bits per heavy atom. The molecule has 2 heterocycles. The fourth-order valence-corrected chi connectivity index (χ4v) is 5.31. The topological polar surface area (TPSA) is 38.2 Å². The number of rotatable bonds is 3. The first-order valence-electron chi connectivity index (χ1n) is 9.85. The minimum absolute atomic E-state index is 0.0737. The number of fused-ring (bicyclic) bond motifs is 2. The molecule has 1 saturated carbocycles. The minimum Gasteiger partial charge on any atom is -0.497 e. The van der Waals surface area contributed by atoms with E-state index in [1.54, 1.807) is 31.4 Å². The summed E-state index contributed by atoms with van der Waals surface area (Å²) in [6.07, 6.45) is -1.58. The van der Waals surface area contributed by atoms with E-state index in [1.807, 2.05) is 4.90 Å². The number of alkyl halides is 3. The van der Waals surface area contributed by atoms with Crippen LogP contribution in [0.5, 0.6) is 5.75 Å². The maximum Gasteiger partial charge on any atom is 0.433 e. The predicted molar refractivity (Wildman–Crippen MR) is 106 cm³/mol. The minimum atomic E-state index is -4.53. The van der Waals surface area contributed by atoms with Crippen molar-refractivity contribution in [3.8, 4) is 17.0 Å². The summed E-state index contributed by atoms with van der Waals surface area (Å²) in [5.74, 6) is 0.819. The smallest absolute Gasteiger partial charge is 0.433 e. The number of benzene rings is 1. The Labute approximate surface area is 169 Å². The molecule has 0 radical (unpaired) electrons. The van der Waals surface area contributed by atoms with Crippen molar-refractivity contribution in [3.05, 3.63) is 36.0 Å². The van der Waals surface area contributed by atoms with Gasteiger partial charge in [0.1, 0.15) is 5.75 Å². The third-order valence-electron chi connectivity index (χ3n) is 6.06. The lowest BCUT2D eigenvalue weighted by Gasteiger charge is -2.39. The van der Waals surface area contributed by atoms with Crippen LogP contribution in [0.1, 0.15) is 45.7 Å². The van der Waals surface area contributed by atoms with Crippen molar-refractivity contribution in [2.75, 3.05) is 18.6 Å². The number of ether oxygens (including phenoxy) is 1. The van der Waals surface area contributed by atoms with E-state index in [1.165, 1.54) is 0 Å². The zero-order valence-corrected chi connectivity index (χ0v) is 17.2. The zero-order chi connectivity index (χ0) is 21.0. The predicted octanol–water partition coefficient (Wildman–Crippen LogP) is 5.58. The third kappa shape index (κ3) is 3.91. The highest BCUT2D eigenvalue weighted by Gasteiger charge is 2.50. The van der Waals surface area contributed by atoms with Gasteiger partial charge in [-0.05, 0) is 60.4 Å². The van der Waals surface area contributed by atoms with Crippen molar-refractivity contribution >= 4 is 5.95 Å². The van der Waals surface area contributed by atoms with Gasteiger partial charge in [0, 0.05) is 18.2 Å². The molecular formula is C22H26F3N3O. The zero-order valence-electron chi connectivity index (χ0n) is 17.2. The molecule has 1 aromatic heterocycles. The van der Waals surface area contributed by atoms with Crippen LogP contribution in [0.15, 0.2) is 30.3 Å². The molecule has 2 aromatic rings. The molecule has 2 bridgehead atoms. The van der Waals surface area contributed by atoms with Crippen LogP contribution in [0.2, 0.25) is 0 Å². The van der Waals surface area contributed by atoms with E-state index >= 15 is 0 Å². The van der Waals surface area contributed by atoms with Crippen LogP contribution in [-0.4, -0.2) is 29.7 Å². The number of anilines is 1. The molecule has 7 heteroatoms. The highest BCUT2D eigenvalue weighted by Crippen LogP contribution is 2.53. The summed E-state index contributed by atoms with van der Waals surface area (Å²) >= 11 is 0. The molecular weight excluding hydrogens is 379 g/mol. The summed E-state index contributed by atoms with van der Waals surface area (Å²) < 4.78 is 46.0. The molecule has 0 amide bonds. The summed E-state index contributed by atoms with van der Waals surface area (Å²) in [5.41, 5.74) is 0.209. The molecule has 2 unspecified atom stereocenters. The van der Waals surface area contributed by atoms with Crippen molar-refractivity contribution in [1.82, 2.24) is 9.97 Å². The summed E-state index contributed by atoms with van der Waals surface area (Å²) in [5, 5.41) is 0. The van der Waals surface area contributed by atoms with Crippen LogP contribution in [-0.2, 0) is 6.18 Å². The van der Waals surface area contributed by atoms with Crippen LogP contribution < -0.4 is 9.64 Å². The molecule has 29 heavy (non-hydrogen) atoms. The SMILES string of the molecule is COc1ccc(-c2cc(C(F)(F)F)nc(N3CC4(C)CC3CC(C)(C)C4)n2)cc1. The number of aromatic nitrogens is 2. The standard InChI is InChI=1S/C22H26F3N3O/c1-20(2)10-15-11-21(3,12-20)13-28(15)19-26-17(9-18(27-19)22(23,24)25)14-5-7-16(29-4)8-6-14/h5-9,15H,10-13H2,1-4H3. The molecule has 1 aliphatic heterocycles. The Bertz CT molecular complexity index is 911. The fourth-order valence-electron chi connectivity index (χ4n) is 5.31. The van der Waals surface area contributed by atoms with Gasteiger partial charge in [0.2, 0.25) is 5.95 Å². The Kier molecular flexibility index (Phi) is 4.55. The monoisotopic (exact) mass is 405 g/mol. The van der Waals surface area contributed by atoms with Crippen LogP contribution in [0.25, 0.3) is 11.3 Å². The summed E-state index contributed by atoms with van der Waals surface area (Å²) in [4.78, 5) is 10.5. The van der Waals surface area contributed by atoms with E-state index in [0.29, 0.717) is 17.9 Å². The first-order valence-corrected chi connectivity index (χ1v) is 9.85. The van der Waals surface area contributed by atoms with Gasteiger partial charge in [-0.3, -0.25) is 0 Å². The third-order valence-corrected chi connectivity index (χ3v) is 6.06. The second-order valence-corrected chi connectivity index (χ2v) is 9.51. The molecule has 1 aromatic carbocycles. The average Bonchev–Trinajstić information content (AvgIpc) is 2.89. The van der Waals surface area contributed by atoms with Gasteiger partial charge >= 0.3 is 6.18 Å². The van der Waals surface area contributed by atoms with Crippen molar-refractivity contribution < 1.29 is 17.9 Å². The Hall–Kier alpha value is -2.31. The van der Waals surface area contributed by atoms with Gasteiger partial charge in [0.15, 0.2) is 5.69 Å². The van der Waals surface area contributed by atoms with Crippen LogP contribution in [0.4, 0.5) is 19.1 Å². The van der Waals surface area contributed by atoms with E-state index in [4.69, 9.17) is 4.74 Å². The Morgan fingerprint density at radius 2 is 1.76 bits per heavy atom. The maximum absolute atomic E-state index is 13.6. The van der Waals surface area contributed by atoms with Gasteiger partial charge in [-0.2, -0.15) is 13.2 Å². The summed E-state index contributed by atoms with van der Waals surface area (Å²) in [6.45, 7) is 7.37. The lowest BCUT2D eigenvalue weighted by atomic mass is 9.65. The number of hydrogen-bond acceptors (Lipinski definition) is 4. The molecule has 1 aliphatic carbocycles. The molecule has 0 N–H and O–H groups in total. The number of methoxy groups -OCH3 is 1. The number of hydrogen-bond donors (Lipinski definition) is 0. The van der Waals surface area contributed by atoms with Gasteiger partial charge in [-0.1, -0.05) is 20.8 Å². The largest absolute Gasteiger partial charge is 0.497 e. The van der Waals surface area contributed by atoms with Gasteiger partial charge in [-0.15, -0.1) is 0 Å². The average molecular weight is 405 g/mol. The molecule has 4 rings (SSSR count). The van der Waals surface area contributed by atoms with E-state index in [2.05, 4.69) is 30.7 Å². The van der Waals surface area contributed by atoms with Gasteiger partial charge in [-0.25, -0.2) is 9.97 Å². The second-order valence-electron chi connectivity index (χ2n) is 9.51. The molecule has 2 aliphatic rings. The van der Waals surface area contributed by atoms with Crippen LogP contribution in [0.3, 0.4) is 0 Å². The summed E-state index contributed by atoms with van der Waals surface area (Å²) in [7, 11) is 1.55. The first-order chi connectivity index (χ1) is 13.5. The van der Waals surface area contributed by atoms with Gasteiger partial charge in [0.25, 0.3) is 0 Å². The van der Waals surface area contributed by atoms with Gasteiger partial charge in [0.05, 0.1) is 12.8 Å². The van der Waals surface area contributed by atoms with Crippen LogP contribution in [0, 0.1) is 10.8 Å². The first kappa shape index (κ1) is 20.0. The molecule has 1 saturated heterocycles. The fraction of sp³-hybridized carbons (Fsp3) is 0.545. The van der Waals surface area contributed by atoms with E-state index < -0.39 is 11.9 Å². The molecule has 4 nitrogen and oxygen atoms in total. The van der Waals surface area contributed by atoms with Crippen molar-refractivity contribution in [1.29, 1.82) is 0 Å². The molecule has 2 fully saturated rings. The highest BCUT2D eigenvalue weighted by atomic mass is 19.4. The normalized spacial score (nSPS) is 25.9. The Morgan fingerprint density at radius 3 is 2.38 bits per heavy atom.